The number of hydrogen-bond donors (Lipinski definition) is 4. The van der Waals surface area contributed by atoms with E-state index in [1.807, 2.05) is 42.5 Å². The van der Waals surface area contributed by atoms with Gasteiger partial charge in [0.15, 0.2) is 0 Å². The highest BCUT2D eigenvalue weighted by Crippen LogP contribution is 2.38. The molecule has 3 aromatic carbocycles. The summed E-state index contributed by atoms with van der Waals surface area (Å²) in [5, 5.41) is 24.9. The number of nitrogens with one attached hydrogen (secondary N) is 2. The minimum absolute atomic E-state index is 0.127. The van der Waals surface area contributed by atoms with Crippen LogP contribution in [-0.2, 0) is 11.3 Å². The molecule has 0 aromatic heterocycles. The Balaban J connectivity index is 1.40. The molecule has 8 nitrogen and oxygen atoms in total. The van der Waals surface area contributed by atoms with Gasteiger partial charge in [-0.1, -0.05) is 42.5 Å². The number of hydrogen-bond acceptors (Lipinski definition) is 6. The average Bonchev–Trinajstić information content (AvgIpc) is 3.24. The predicted octanol–water partition coefficient (Wildman–Crippen LogP) is 3.43. The van der Waals surface area contributed by atoms with Crippen LogP contribution in [0.25, 0.3) is 11.3 Å². The number of anilines is 2. The summed E-state index contributed by atoms with van der Waals surface area (Å²) in [6, 6.07) is 22.4. The number of aromatic carboxylic acids is 1. The molecule has 2 aliphatic heterocycles. The second-order valence-electron chi connectivity index (χ2n) is 9.30. The molecule has 0 aliphatic carbocycles. The third-order valence-corrected chi connectivity index (χ3v) is 6.83. The molecule has 3 aromatic rings. The van der Waals surface area contributed by atoms with Crippen LogP contribution in [0, 0.1) is 0 Å². The molecule has 0 bridgehead atoms. The van der Waals surface area contributed by atoms with Crippen LogP contribution >= 0.6 is 0 Å². The summed E-state index contributed by atoms with van der Waals surface area (Å²) in [6.45, 7) is 5.64. The molecule has 0 atom stereocenters. The molecule has 2 aliphatic rings. The number of fused-ring (bicyclic) bond motifs is 1. The molecule has 0 spiro atoms. The minimum atomic E-state index is -1.04. The van der Waals surface area contributed by atoms with Crippen molar-refractivity contribution in [3.05, 3.63) is 95.1 Å². The van der Waals surface area contributed by atoms with Gasteiger partial charge in [0.25, 0.3) is 5.91 Å². The number of rotatable bonds is 8. The molecular weight excluding hydrogens is 468 g/mol. The molecule has 1 fully saturated rings. The summed E-state index contributed by atoms with van der Waals surface area (Å²) in [6.07, 6.45) is 0. The summed E-state index contributed by atoms with van der Waals surface area (Å²) in [4.78, 5) is 29.4. The molecule has 0 radical (unpaired) electrons. The zero-order chi connectivity index (χ0) is 25.8. The highest BCUT2D eigenvalue weighted by Gasteiger charge is 2.29. The topological polar surface area (TPSA) is 105 Å². The number of aliphatic hydroxyl groups excluding tert-OH is 1. The maximum atomic E-state index is 13.1. The average molecular weight is 499 g/mol. The minimum Gasteiger partial charge on any atom is -0.478 e. The largest absolute Gasteiger partial charge is 0.478 e. The first-order valence-electron chi connectivity index (χ1n) is 12.4. The Hall–Kier alpha value is -3.98. The lowest BCUT2D eigenvalue weighted by Crippen LogP contribution is -2.46. The van der Waals surface area contributed by atoms with E-state index in [0.717, 1.165) is 50.5 Å². The van der Waals surface area contributed by atoms with Gasteiger partial charge in [0.1, 0.15) is 0 Å². The van der Waals surface area contributed by atoms with Gasteiger partial charge in [-0.25, -0.2) is 4.79 Å². The second kappa shape index (κ2) is 11.0. The number of aliphatic hydroxyl groups is 1. The van der Waals surface area contributed by atoms with Crippen molar-refractivity contribution in [1.29, 1.82) is 0 Å². The van der Waals surface area contributed by atoms with Crippen molar-refractivity contribution in [3.63, 3.8) is 0 Å². The number of carbonyl (C=O) groups excluding carboxylic acids is 1. The number of nitrogens with zero attached hydrogens (tertiary/aromatic N) is 2. The zero-order valence-electron chi connectivity index (χ0n) is 20.5. The van der Waals surface area contributed by atoms with E-state index < -0.39 is 5.97 Å². The Morgan fingerprint density at radius 2 is 1.59 bits per heavy atom. The Bertz CT molecular complexity index is 1310. The predicted molar refractivity (Wildman–Crippen MR) is 144 cm³/mol. The van der Waals surface area contributed by atoms with Crippen LogP contribution in [0.5, 0.6) is 0 Å². The second-order valence-corrected chi connectivity index (χ2v) is 9.30. The van der Waals surface area contributed by atoms with E-state index in [1.54, 1.807) is 12.1 Å². The summed E-state index contributed by atoms with van der Waals surface area (Å²) in [5.74, 6) is -1.32. The van der Waals surface area contributed by atoms with Gasteiger partial charge in [-0.05, 0) is 41.5 Å². The fourth-order valence-electron chi connectivity index (χ4n) is 4.84. The maximum absolute atomic E-state index is 13.1. The van der Waals surface area contributed by atoms with Gasteiger partial charge in [-0.3, -0.25) is 14.6 Å². The number of piperazine rings is 1. The first-order valence-corrected chi connectivity index (χ1v) is 12.4. The summed E-state index contributed by atoms with van der Waals surface area (Å²) in [5.41, 5.74) is 5.17. The quantitative estimate of drug-likeness (QED) is 0.353. The van der Waals surface area contributed by atoms with Gasteiger partial charge < -0.3 is 20.8 Å². The van der Waals surface area contributed by atoms with Gasteiger partial charge in [-0.15, -0.1) is 0 Å². The lowest BCUT2D eigenvalue weighted by Gasteiger charge is -2.34. The lowest BCUT2D eigenvalue weighted by molar-refractivity contribution is -0.110. The molecule has 0 saturated carbocycles. The summed E-state index contributed by atoms with van der Waals surface area (Å²) < 4.78 is 0. The van der Waals surface area contributed by atoms with Crippen LogP contribution in [0.3, 0.4) is 0 Å². The normalized spacial score (nSPS) is 17.3. The van der Waals surface area contributed by atoms with Gasteiger partial charge in [-0.2, -0.15) is 0 Å². The summed E-state index contributed by atoms with van der Waals surface area (Å²) in [7, 11) is 0. The molecule has 5 rings (SSSR count). The molecule has 1 amide bonds. The molecule has 0 unspecified atom stereocenters. The van der Waals surface area contributed by atoms with Crippen molar-refractivity contribution in [2.24, 2.45) is 0 Å². The molecular formula is C29H30N4O4. The molecule has 1 saturated heterocycles. The molecule has 4 N–H and O–H groups in total. The maximum Gasteiger partial charge on any atom is 0.335 e. The number of carbonyl (C=O) groups is 2. The van der Waals surface area contributed by atoms with E-state index in [1.165, 1.54) is 11.6 Å². The Morgan fingerprint density at radius 3 is 2.27 bits per heavy atom. The third-order valence-electron chi connectivity index (χ3n) is 6.83. The highest BCUT2D eigenvalue weighted by molar-refractivity contribution is 6.37. The van der Waals surface area contributed by atoms with Crippen molar-refractivity contribution in [2.75, 3.05) is 50.0 Å². The van der Waals surface area contributed by atoms with Crippen LogP contribution in [0.4, 0.5) is 11.4 Å². The first-order chi connectivity index (χ1) is 18.0. The van der Waals surface area contributed by atoms with Crippen molar-refractivity contribution in [3.8, 4) is 0 Å². The van der Waals surface area contributed by atoms with E-state index >= 15 is 0 Å². The molecule has 37 heavy (non-hydrogen) atoms. The monoisotopic (exact) mass is 498 g/mol. The number of β-amino-alcohol motifs (C(OH)–C–C–N with tert-alkyl or cyclic N) is 1. The lowest BCUT2D eigenvalue weighted by atomic mass is 9.98. The van der Waals surface area contributed by atoms with Crippen LogP contribution in [-0.4, -0.2) is 71.2 Å². The van der Waals surface area contributed by atoms with Gasteiger partial charge >= 0.3 is 5.97 Å². The first kappa shape index (κ1) is 24.7. The van der Waals surface area contributed by atoms with E-state index in [2.05, 4.69) is 32.6 Å². The van der Waals surface area contributed by atoms with E-state index in [-0.39, 0.29) is 18.1 Å². The van der Waals surface area contributed by atoms with Gasteiger partial charge in [0.2, 0.25) is 0 Å². The SMILES string of the molecule is O=C1Nc2ccc(C(=O)O)cc2/C1=C(/Nc1ccc(CN2CCN(CCO)CC2)cc1)c1ccccc1. The van der Waals surface area contributed by atoms with Crippen LogP contribution in [0.2, 0.25) is 0 Å². The Morgan fingerprint density at radius 1 is 0.892 bits per heavy atom. The fraction of sp³-hybridized carbons (Fsp3) is 0.241. The number of carboxylic acid groups (broad SMARTS) is 1. The standard InChI is InChI=1S/C29H30N4O4/c34-17-16-32-12-14-33(15-13-32)19-20-6-9-23(10-7-20)30-27(21-4-2-1-3-5-21)26-24-18-22(29(36)37)8-11-25(24)31-28(26)35/h1-11,18,30,34H,12-17,19H2,(H,31,35)(H,36,37)/b27-26-. The van der Waals surface area contributed by atoms with Crippen molar-refractivity contribution in [2.45, 2.75) is 6.54 Å². The Kier molecular flexibility index (Phi) is 7.32. The fourth-order valence-corrected chi connectivity index (χ4v) is 4.84. The van der Waals surface area contributed by atoms with Crippen LogP contribution in [0.15, 0.2) is 72.8 Å². The van der Waals surface area contributed by atoms with Crippen molar-refractivity contribution in [1.82, 2.24) is 9.80 Å². The van der Waals surface area contributed by atoms with E-state index in [4.69, 9.17) is 5.11 Å². The summed E-state index contributed by atoms with van der Waals surface area (Å²) >= 11 is 0. The molecule has 8 heteroatoms. The van der Waals surface area contributed by atoms with E-state index in [9.17, 15) is 14.7 Å². The number of amides is 1. The number of carboxylic acids is 1. The van der Waals surface area contributed by atoms with Crippen molar-refractivity contribution >= 4 is 34.5 Å². The third kappa shape index (κ3) is 5.56. The van der Waals surface area contributed by atoms with Crippen molar-refractivity contribution < 1.29 is 19.8 Å². The van der Waals surface area contributed by atoms with Crippen LogP contribution in [0.1, 0.15) is 27.0 Å². The van der Waals surface area contributed by atoms with Gasteiger partial charge in [0, 0.05) is 56.2 Å². The molecule has 190 valence electrons. The van der Waals surface area contributed by atoms with E-state index in [0.29, 0.717) is 22.5 Å². The number of benzene rings is 3. The smallest absolute Gasteiger partial charge is 0.335 e. The molecule has 2 heterocycles. The zero-order valence-corrected chi connectivity index (χ0v) is 20.5. The highest BCUT2D eigenvalue weighted by atomic mass is 16.4. The van der Waals surface area contributed by atoms with Gasteiger partial charge in [0.05, 0.1) is 23.4 Å². The Labute approximate surface area is 215 Å². The van der Waals surface area contributed by atoms with Crippen LogP contribution < -0.4 is 10.6 Å².